The van der Waals surface area contributed by atoms with Crippen molar-refractivity contribution in [3.8, 4) is 0 Å². The van der Waals surface area contributed by atoms with Crippen molar-refractivity contribution in [2.45, 2.75) is 33.2 Å². The lowest BCUT2D eigenvalue weighted by molar-refractivity contribution is -0.144. The Hall–Kier alpha value is -2.17. The molecule has 1 unspecified atom stereocenters. The topological polar surface area (TPSA) is 57.0 Å². The van der Waals surface area contributed by atoms with Gasteiger partial charge in [-0.05, 0) is 26.3 Å². The molecule has 0 saturated carbocycles. The monoisotopic (exact) mass is 273 g/mol. The fraction of sp³-hybridized carbons (Fsp3) is 0.400. The average Bonchev–Trinajstić information content (AvgIpc) is 2.87. The first kappa shape index (κ1) is 14.2. The number of aromatic nitrogens is 3. The highest BCUT2D eigenvalue weighted by Crippen LogP contribution is 2.25. The summed E-state index contributed by atoms with van der Waals surface area (Å²) in [5, 5.41) is 8.02. The third-order valence-electron chi connectivity index (χ3n) is 3.14. The van der Waals surface area contributed by atoms with Gasteiger partial charge in [-0.25, -0.2) is 0 Å². The maximum atomic E-state index is 12.3. The molecule has 0 aliphatic heterocycles. The van der Waals surface area contributed by atoms with Crippen molar-refractivity contribution in [3.05, 3.63) is 47.5 Å². The number of hydrogen-bond donors (Lipinski definition) is 0. The van der Waals surface area contributed by atoms with E-state index in [9.17, 15) is 4.79 Å². The number of rotatable bonds is 5. The van der Waals surface area contributed by atoms with Crippen LogP contribution in [0.1, 0.15) is 36.7 Å². The minimum Gasteiger partial charge on any atom is -0.465 e. The maximum absolute atomic E-state index is 12.3. The van der Waals surface area contributed by atoms with E-state index in [-0.39, 0.29) is 5.97 Å². The van der Waals surface area contributed by atoms with Gasteiger partial charge in [-0.2, -0.15) is 0 Å². The van der Waals surface area contributed by atoms with Crippen molar-refractivity contribution in [2.75, 3.05) is 6.61 Å². The zero-order valence-electron chi connectivity index (χ0n) is 12.0. The van der Waals surface area contributed by atoms with Crippen LogP contribution in [0.2, 0.25) is 0 Å². The van der Waals surface area contributed by atoms with Crippen molar-refractivity contribution in [1.82, 2.24) is 14.8 Å². The fourth-order valence-electron chi connectivity index (χ4n) is 2.20. The summed E-state index contributed by atoms with van der Waals surface area (Å²) in [5.41, 5.74) is 1.98. The average molecular weight is 273 g/mol. The minimum absolute atomic E-state index is 0.291. The second-order valence-electron chi connectivity index (χ2n) is 4.57. The van der Waals surface area contributed by atoms with E-state index in [1.165, 1.54) is 0 Å². The van der Waals surface area contributed by atoms with E-state index in [2.05, 4.69) is 10.2 Å². The Kier molecular flexibility index (Phi) is 4.50. The Morgan fingerprint density at radius 2 is 2.20 bits per heavy atom. The van der Waals surface area contributed by atoms with E-state index in [1.807, 2.05) is 42.7 Å². The molecule has 20 heavy (non-hydrogen) atoms. The van der Waals surface area contributed by atoms with Gasteiger partial charge < -0.3 is 9.30 Å². The van der Waals surface area contributed by atoms with Crippen molar-refractivity contribution < 1.29 is 9.53 Å². The van der Waals surface area contributed by atoms with Crippen molar-refractivity contribution in [1.29, 1.82) is 0 Å². The molecule has 106 valence electrons. The van der Waals surface area contributed by atoms with Gasteiger partial charge in [0.2, 0.25) is 0 Å². The normalized spacial score (nSPS) is 12.2. The zero-order chi connectivity index (χ0) is 14.5. The molecule has 0 aliphatic carbocycles. The van der Waals surface area contributed by atoms with Gasteiger partial charge >= 0.3 is 5.97 Å². The molecule has 0 amide bonds. The number of esters is 1. The van der Waals surface area contributed by atoms with Crippen LogP contribution < -0.4 is 0 Å². The molecule has 1 aromatic carbocycles. The number of aryl methyl sites for hydroxylation is 2. The largest absolute Gasteiger partial charge is 0.465 e. The Labute approximate surface area is 118 Å². The molecule has 0 bridgehead atoms. The van der Waals surface area contributed by atoms with Crippen molar-refractivity contribution in [3.63, 3.8) is 0 Å². The number of benzene rings is 1. The van der Waals surface area contributed by atoms with Gasteiger partial charge in [0, 0.05) is 6.54 Å². The Morgan fingerprint density at radius 1 is 1.40 bits per heavy atom. The van der Waals surface area contributed by atoms with Crippen LogP contribution in [-0.4, -0.2) is 27.3 Å². The van der Waals surface area contributed by atoms with Gasteiger partial charge in [-0.15, -0.1) is 10.2 Å². The van der Waals surface area contributed by atoms with Crippen LogP contribution in [-0.2, 0) is 16.1 Å². The second kappa shape index (κ2) is 6.32. The lowest BCUT2D eigenvalue weighted by atomic mass is 9.96. The third-order valence-corrected chi connectivity index (χ3v) is 3.14. The Morgan fingerprint density at radius 3 is 2.85 bits per heavy atom. The summed E-state index contributed by atoms with van der Waals surface area (Å²) in [6.07, 6.45) is 1.64. The summed E-state index contributed by atoms with van der Waals surface area (Å²) in [7, 11) is 0. The molecule has 0 aliphatic rings. The molecule has 1 aromatic heterocycles. The van der Waals surface area contributed by atoms with Gasteiger partial charge in [0.25, 0.3) is 0 Å². The van der Waals surface area contributed by atoms with Gasteiger partial charge in [0.05, 0.1) is 6.61 Å². The molecule has 1 atom stereocenters. The lowest BCUT2D eigenvalue weighted by Gasteiger charge is -2.16. The van der Waals surface area contributed by atoms with Crippen molar-refractivity contribution in [2.24, 2.45) is 0 Å². The van der Waals surface area contributed by atoms with E-state index in [1.54, 1.807) is 13.3 Å². The summed E-state index contributed by atoms with van der Waals surface area (Å²) >= 11 is 0. The third kappa shape index (κ3) is 2.87. The summed E-state index contributed by atoms with van der Waals surface area (Å²) in [6, 6.07) is 7.83. The summed E-state index contributed by atoms with van der Waals surface area (Å²) in [6.45, 7) is 6.85. The molecule has 0 N–H and O–H groups in total. The number of hydrogen-bond acceptors (Lipinski definition) is 4. The van der Waals surface area contributed by atoms with Crippen LogP contribution >= 0.6 is 0 Å². The Bertz CT molecular complexity index is 592. The SMILES string of the molecule is CCOC(=O)C(c1cccc(C)c1)c1nncn1CC. The van der Waals surface area contributed by atoms with Crippen LogP contribution in [0, 0.1) is 6.92 Å². The van der Waals surface area contributed by atoms with Gasteiger partial charge in [-0.1, -0.05) is 29.8 Å². The fourth-order valence-corrected chi connectivity index (χ4v) is 2.20. The number of ether oxygens (including phenoxy) is 1. The van der Waals surface area contributed by atoms with Gasteiger partial charge in [0.15, 0.2) is 5.82 Å². The smallest absolute Gasteiger partial charge is 0.321 e. The predicted molar refractivity (Wildman–Crippen MR) is 75.4 cm³/mol. The Balaban J connectivity index is 2.47. The number of carbonyl (C=O) groups excluding carboxylic acids is 1. The highest BCUT2D eigenvalue weighted by atomic mass is 16.5. The first-order valence-electron chi connectivity index (χ1n) is 6.78. The molecule has 0 radical (unpaired) electrons. The van der Waals surface area contributed by atoms with Crippen LogP contribution in [0.4, 0.5) is 0 Å². The standard InChI is InChI=1S/C15H19N3O2/c1-4-18-10-16-17-14(18)13(15(19)20-5-2)12-8-6-7-11(3)9-12/h6-10,13H,4-5H2,1-3H3. The zero-order valence-corrected chi connectivity index (χ0v) is 12.0. The van der Waals surface area contributed by atoms with Crippen LogP contribution in [0.5, 0.6) is 0 Å². The van der Waals surface area contributed by atoms with E-state index in [0.29, 0.717) is 19.0 Å². The number of carbonyl (C=O) groups is 1. The molecule has 5 nitrogen and oxygen atoms in total. The second-order valence-corrected chi connectivity index (χ2v) is 4.57. The van der Waals surface area contributed by atoms with Gasteiger partial charge in [-0.3, -0.25) is 4.79 Å². The highest BCUT2D eigenvalue weighted by molar-refractivity contribution is 5.81. The van der Waals surface area contributed by atoms with Crippen LogP contribution in [0.3, 0.4) is 0 Å². The van der Waals surface area contributed by atoms with Gasteiger partial charge in [0.1, 0.15) is 12.2 Å². The molecule has 2 aromatic rings. The number of nitrogens with zero attached hydrogens (tertiary/aromatic N) is 3. The van der Waals surface area contributed by atoms with E-state index >= 15 is 0 Å². The summed E-state index contributed by atoms with van der Waals surface area (Å²) in [5.74, 6) is -0.199. The minimum atomic E-state index is -0.530. The molecule has 5 heteroatoms. The molecular weight excluding hydrogens is 254 g/mol. The van der Waals surface area contributed by atoms with E-state index in [0.717, 1.165) is 11.1 Å². The molecule has 0 spiro atoms. The van der Waals surface area contributed by atoms with Crippen LogP contribution in [0.25, 0.3) is 0 Å². The van der Waals surface area contributed by atoms with E-state index in [4.69, 9.17) is 4.74 Å². The molecule has 2 rings (SSSR count). The highest BCUT2D eigenvalue weighted by Gasteiger charge is 2.28. The molecule has 0 saturated heterocycles. The quantitative estimate of drug-likeness (QED) is 0.784. The summed E-state index contributed by atoms with van der Waals surface area (Å²) < 4.78 is 7.07. The molecule has 1 heterocycles. The molecule has 0 fully saturated rings. The van der Waals surface area contributed by atoms with E-state index < -0.39 is 5.92 Å². The maximum Gasteiger partial charge on any atom is 0.321 e. The molecular formula is C15H19N3O2. The lowest BCUT2D eigenvalue weighted by Crippen LogP contribution is -2.21. The van der Waals surface area contributed by atoms with Crippen LogP contribution in [0.15, 0.2) is 30.6 Å². The predicted octanol–water partition coefficient (Wildman–Crippen LogP) is 2.30. The van der Waals surface area contributed by atoms with Crippen molar-refractivity contribution >= 4 is 5.97 Å². The summed E-state index contributed by atoms with van der Waals surface area (Å²) in [4.78, 5) is 12.3. The first-order valence-corrected chi connectivity index (χ1v) is 6.78. The first-order chi connectivity index (χ1) is 9.67.